The molecule has 7 nitrogen and oxygen atoms in total. The standard InChI is InChI=1S/C23H23F2N3O4S/c24-18-11-15(2-1-5-27-33(30)31)22(25)20(13-18)23(29)16-3-4-21-17(10-16)12-19(14-26-21)28-6-8-32-9-7-28/h3-4,10-14,33H,1-2,5-9H2,(H,27,30,31). The smallest absolute Gasteiger partial charge is 0.201 e. The molecule has 1 fully saturated rings. The minimum atomic E-state index is -2.75. The molecule has 3 aromatic rings. The molecule has 2 aromatic carbocycles. The van der Waals surface area contributed by atoms with E-state index < -0.39 is 28.3 Å². The Hall–Kier alpha value is -2.95. The van der Waals surface area contributed by atoms with Crippen LogP contribution in [0.3, 0.4) is 0 Å². The molecule has 0 atom stereocenters. The molecule has 1 aliphatic rings. The van der Waals surface area contributed by atoms with Gasteiger partial charge < -0.3 is 9.64 Å². The van der Waals surface area contributed by atoms with E-state index in [1.165, 1.54) is 0 Å². The Morgan fingerprint density at radius 2 is 1.91 bits per heavy atom. The van der Waals surface area contributed by atoms with Gasteiger partial charge in [-0.25, -0.2) is 21.9 Å². The van der Waals surface area contributed by atoms with Gasteiger partial charge in [0, 0.05) is 30.6 Å². The third kappa shape index (κ3) is 5.52. The van der Waals surface area contributed by atoms with Crippen molar-refractivity contribution in [1.29, 1.82) is 0 Å². The second-order valence-corrected chi connectivity index (χ2v) is 8.56. The molecule has 10 heteroatoms. The molecule has 0 spiro atoms. The number of hydrogen-bond donors (Lipinski definition) is 2. The topological polar surface area (TPSA) is 88.6 Å². The molecule has 4 rings (SSSR count). The van der Waals surface area contributed by atoms with Crippen LogP contribution in [0.5, 0.6) is 0 Å². The number of aryl methyl sites for hydroxylation is 1. The molecule has 0 bridgehead atoms. The molecule has 33 heavy (non-hydrogen) atoms. The Kier molecular flexibility index (Phi) is 7.26. The number of nitrogens with one attached hydrogen (secondary N) is 1. The van der Waals surface area contributed by atoms with Crippen molar-refractivity contribution in [2.45, 2.75) is 12.8 Å². The number of fused-ring (bicyclic) bond motifs is 1. The van der Waals surface area contributed by atoms with Crippen molar-refractivity contribution in [2.75, 3.05) is 37.7 Å². The summed E-state index contributed by atoms with van der Waals surface area (Å²) in [6.07, 6.45) is 2.12. The number of thiol groups is 1. The number of carbonyl (C=O) groups is 1. The van der Waals surface area contributed by atoms with Crippen molar-refractivity contribution < 1.29 is 26.7 Å². The van der Waals surface area contributed by atoms with Crippen molar-refractivity contribution in [2.24, 2.45) is 0 Å². The Labute approximate surface area is 191 Å². The third-order valence-electron chi connectivity index (χ3n) is 5.53. The lowest BCUT2D eigenvalue weighted by Crippen LogP contribution is -2.36. The Balaban J connectivity index is 1.60. The number of rotatable bonds is 8. The van der Waals surface area contributed by atoms with Crippen molar-refractivity contribution in [3.63, 3.8) is 0 Å². The van der Waals surface area contributed by atoms with E-state index in [9.17, 15) is 17.6 Å². The maximum atomic E-state index is 15.0. The average Bonchev–Trinajstić information content (AvgIpc) is 2.83. The second kappa shape index (κ2) is 10.3. The number of carbonyl (C=O) groups excluding carboxylic acids is 1. The molecule has 174 valence electrons. The number of benzene rings is 2. The molecule has 2 heterocycles. The number of halogens is 2. The van der Waals surface area contributed by atoms with Gasteiger partial charge in [0.2, 0.25) is 10.9 Å². The fraction of sp³-hybridized carbons (Fsp3) is 0.304. The van der Waals surface area contributed by atoms with Crippen LogP contribution in [-0.4, -0.2) is 52.0 Å². The summed E-state index contributed by atoms with van der Waals surface area (Å²) in [4.78, 5) is 19.7. The molecular weight excluding hydrogens is 452 g/mol. The Morgan fingerprint density at radius 1 is 1.12 bits per heavy atom. The lowest BCUT2D eigenvalue weighted by atomic mass is 9.97. The zero-order valence-corrected chi connectivity index (χ0v) is 18.6. The average molecular weight is 476 g/mol. The van der Waals surface area contributed by atoms with Crippen molar-refractivity contribution in [3.05, 3.63) is 70.9 Å². The molecule has 1 saturated heterocycles. The van der Waals surface area contributed by atoms with Crippen LogP contribution in [0.1, 0.15) is 27.9 Å². The van der Waals surface area contributed by atoms with E-state index in [0.29, 0.717) is 18.7 Å². The molecular formula is C23H23F2N3O4S. The largest absolute Gasteiger partial charge is 0.378 e. The van der Waals surface area contributed by atoms with Gasteiger partial charge in [-0.05, 0) is 54.8 Å². The van der Waals surface area contributed by atoms with Crippen LogP contribution >= 0.6 is 0 Å². The van der Waals surface area contributed by atoms with E-state index in [0.717, 1.165) is 36.3 Å². The SMILES string of the molecule is O=C(c1ccc2ncc(N3CCOCC3)cc2c1)c1cc(F)cc(CCCN[SH](=O)=O)c1F. The van der Waals surface area contributed by atoms with Gasteiger partial charge >= 0.3 is 0 Å². The molecule has 1 aromatic heterocycles. The highest BCUT2D eigenvalue weighted by atomic mass is 32.2. The molecule has 0 unspecified atom stereocenters. The first-order valence-electron chi connectivity index (χ1n) is 10.6. The number of anilines is 1. The third-order valence-corrected chi connectivity index (χ3v) is 6.01. The molecule has 1 N–H and O–H groups in total. The van der Waals surface area contributed by atoms with Crippen molar-refractivity contribution in [3.8, 4) is 0 Å². The van der Waals surface area contributed by atoms with Gasteiger partial charge in [0.25, 0.3) is 0 Å². The Morgan fingerprint density at radius 3 is 2.67 bits per heavy atom. The number of ketones is 1. The van der Waals surface area contributed by atoms with Crippen LogP contribution < -0.4 is 9.62 Å². The maximum Gasteiger partial charge on any atom is 0.201 e. The fourth-order valence-corrected chi connectivity index (χ4v) is 4.19. The van der Waals surface area contributed by atoms with E-state index in [2.05, 4.69) is 14.6 Å². The van der Waals surface area contributed by atoms with Crippen LogP contribution in [0, 0.1) is 11.6 Å². The summed E-state index contributed by atoms with van der Waals surface area (Å²) < 4.78 is 57.9. The quantitative estimate of drug-likeness (QED) is 0.296. The first kappa shape index (κ1) is 23.2. The first-order valence-corrected chi connectivity index (χ1v) is 11.7. The van der Waals surface area contributed by atoms with Crippen LogP contribution in [0.15, 0.2) is 42.6 Å². The summed E-state index contributed by atoms with van der Waals surface area (Å²) in [7, 11) is -2.75. The predicted molar refractivity (Wildman–Crippen MR) is 121 cm³/mol. The van der Waals surface area contributed by atoms with Gasteiger partial charge in [-0.1, -0.05) is 0 Å². The van der Waals surface area contributed by atoms with Gasteiger partial charge in [-0.3, -0.25) is 9.78 Å². The number of hydrogen-bond acceptors (Lipinski definition) is 6. The number of nitrogens with zero attached hydrogens (tertiary/aromatic N) is 2. The van der Waals surface area contributed by atoms with E-state index in [4.69, 9.17) is 4.74 Å². The van der Waals surface area contributed by atoms with Gasteiger partial charge in [0.15, 0.2) is 5.78 Å². The molecule has 0 aliphatic carbocycles. The summed E-state index contributed by atoms with van der Waals surface area (Å²) in [6.45, 7) is 2.83. The summed E-state index contributed by atoms with van der Waals surface area (Å²) in [6, 6.07) is 8.70. The van der Waals surface area contributed by atoms with Crippen LogP contribution in [0.4, 0.5) is 14.5 Å². The van der Waals surface area contributed by atoms with Crippen LogP contribution in [0.2, 0.25) is 0 Å². The predicted octanol–water partition coefficient (Wildman–Crippen LogP) is 2.63. The summed E-state index contributed by atoms with van der Waals surface area (Å²) in [5.74, 6) is -2.16. The summed E-state index contributed by atoms with van der Waals surface area (Å²) in [5.41, 5.74) is 1.49. The van der Waals surface area contributed by atoms with Gasteiger partial charge in [-0.15, -0.1) is 0 Å². The number of morpholine rings is 1. The minimum absolute atomic E-state index is 0.0262. The normalized spacial score (nSPS) is 14.2. The van der Waals surface area contributed by atoms with E-state index >= 15 is 4.39 Å². The van der Waals surface area contributed by atoms with Crippen molar-refractivity contribution in [1.82, 2.24) is 9.71 Å². The first-order chi connectivity index (χ1) is 15.9. The van der Waals surface area contributed by atoms with E-state index in [1.54, 1.807) is 24.4 Å². The monoisotopic (exact) mass is 475 g/mol. The molecule has 1 aliphatic heterocycles. The fourth-order valence-electron chi connectivity index (χ4n) is 3.85. The summed E-state index contributed by atoms with van der Waals surface area (Å²) >= 11 is 0. The van der Waals surface area contributed by atoms with Crippen LogP contribution in [0.25, 0.3) is 10.9 Å². The number of aromatic nitrogens is 1. The number of pyridine rings is 1. The molecule has 0 saturated carbocycles. The zero-order valence-electron chi connectivity index (χ0n) is 17.7. The summed E-state index contributed by atoms with van der Waals surface area (Å²) in [5, 5.41) is 0.722. The highest BCUT2D eigenvalue weighted by molar-refractivity contribution is 7.70. The molecule has 0 radical (unpaired) electrons. The van der Waals surface area contributed by atoms with Gasteiger partial charge in [0.05, 0.1) is 36.2 Å². The highest BCUT2D eigenvalue weighted by Gasteiger charge is 2.20. The van der Waals surface area contributed by atoms with Gasteiger partial charge in [0.1, 0.15) is 11.6 Å². The maximum absolute atomic E-state index is 15.0. The lowest BCUT2D eigenvalue weighted by molar-refractivity contribution is 0.103. The van der Waals surface area contributed by atoms with Gasteiger partial charge in [-0.2, -0.15) is 0 Å². The second-order valence-electron chi connectivity index (χ2n) is 7.72. The van der Waals surface area contributed by atoms with E-state index in [-0.39, 0.29) is 36.1 Å². The van der Waals surface area contributed by atoms with Crippen molar-refractivity contribution >= 4 is 33.3 Å². The molecule has 0 amide bonds. The lowest BCUT2D eigenvalue weighted by Gasteiger charge is -2.28. The van der Waals surface area contributed by atoms with E-state index in [1.807, 2.05) is 6.07 Å². The van der Waals surface area contributed by atoms with Crippen LogP contribution in [-0.2, 0) is 22.0 Å². The number of ether oxygens (including phenoxy) is 1. The minimum Gasteiger partial charge on any atom is -0.378 e. The zero-order chi connectivity index (χ0) is 23.4. The Bertz CT molecular complexity index is 1250. The highest BCUT2D eigenvalue weighted by Crippen LogP contribution is 2.25.